The van der Waals surface area contributed by atoms with Gasteiger partial charge in [-0.2, -0.15) is 9.78 Å². The van der Waals surface area contributed by atoms with Gasteiger partial charge < -0.3 is 9.94 Å². The highest BCUT2D eigenvalue weighted by atomic mass is 35.5. The third kappa shape index (κ3) is 4.68. The number of hydrogen-bond donors (Lipinski definition) is 1. The fourth-order valence-corrected chi connectivity index (χ4v) is 3.23. The first-order valence-electron chi connectivity index (χ1n) is 9.78. The van der Waals surface area contributed by atoms with Crippen LogP contribution in [0.2, 0.25) is 5.02 Å². The summed E-state index contributed by atoms with van der Waals surface area (Å²) in [6.07, 6.45) is 1.35. The first-order chi connectivity index (χ1) is 15.5. The molecule has 160 valence electrons. The van der Waals surface area contributed by atoms with Crippen molar-refractivity contribution >= 4 is 34.4 Å². The normalized spacial score (nSPS) is 11.9. The molecule has 1 heterocycles. The molecule has 0 bridgehead atoms. The average molecular weight is 447 g/mol. The van der Waals surface area contributed by atoms with Crippen LogP contribution >= 0.6 is 11.6 Å². The zero-order valence-corrected chi connectivity index (χ0v) is 17.9. The minimum atomic E-state index is -0.365. The van der Waals surface area contributed by atoms with Crippen LogP contribution in [0.5, 0.6) is 5.75 Å². The molecule has 0 aliphatic rings. The van der Waals surface area contributed by atoms with Crippen LogP contribution in [0.1, 0.15) is 23.9 Å². The van der Waals surface area contributed by atoms with Crippen molar-refractivity contribution in [2.45, 2.75) is 13.5 Å². The number of oxime groups is 1. The Morgan fingerprint density at radius 2 is 1.88 bits per heavy atom. The summed E-state index contributed by atoms with van der Waals surface area (Å²) in [6, 6.07) is 21.1. The number of nitrogens with zero attached hydrogens (tertiary/aromatic N) is 4. The fourth-order valence-electron chi connectivity index (χ4n) is 3.05. The van der Waals surface area contributed by atoms with Crippen LogP contribution < -0.4 is 5.56 Å². The molecule has 0 aliphatic carbocycles. The quantitative estimate of drug-likeness (QED) is 0.347. The highest BCUT2D eigenvalue weighted by Gasteiger charge is 2.11. The summed E-state index contributed by atoms with van der Waals surface area (Å²) in [7, 11) is 0. The Morgan fingerprint density at radius 3 is 2.69 bits per heavy atom. The predicted octanol–water partition coefficient (Wildman–Crippen LogP) is 4.58. The van der Waals surface area contributed by atoms with Gasteiger partial charge in [-0.1, -0.05) is 59.2 Å². The minimum Gasteiger partial charge on any atom is -0.507 e. The first-order valence-corrected chi connectivity index (χ1v) is 10.2. The van der Waals surface area contributed by atoms with E-state index in [0.29, 0.717) is 27.2 Å². The van der Waals surface area contributed by atoms with Crippen LogP contribution in [0.4, 0.5) is 0 Å². The standard InChI is InChI=1S/C24H19ClN4O3/c1-16(17-7-3-2-4-8-17)28-32-15-23-27-21-10-6-5-9-20(21)24(31)29(23)26-14-18-13-19(25)11-12-22(18)30/h2-14,30H,15H2,1H3/b26-14+,28-16?. The number of para-hydroxylation sites is 1. The molecule has 0 saturated heterocycles. The third-order valence-electron chi connectivity index (χ3n) is 4.71. The molecule has 0 saturated carbocycles. The first kappa shape index (κ1) is 21.3. The molecule has 0 radical (unpaired) electrons. The van der Waals surface area contributed by atoms with Gasteiger partial charge in [0.05, 0.1) is 22.8 Å². The Labute approximate surface area is 188 Å². The van der Waals surface area contributed by atoms with E-state index in [1.807, 2.05) is 37.3 Å². The van der Waals surface area contributed by atoms with Crippen molar-refractivity contribution in [3.8, 4) is 5.75 Å². The van der Waals surface area contributed by atoms with E-state index in [0.717, 1.165) is 10.2 Å². The van der Waals surface area contributed by atoms with Crippen molar-refractivity contribution < 1.29 is 9.94 Å². The lowest BCUT2D eigenvalue weighted by molar-refractivity contribution is 0.122. The molecule has 4 rings (SSSR count). The number of benzene rings is 3. The van der Waals surface area contributed by atoms with E-state index in [2.05, 4.69) is 15.2 Å². The molecular formula is C24H19ClN4O3. The largest absolute Gasteiger partial charge is 0.507 e. The second-order valence-electron chi connectivity index (χ2n) is 6.93. The van der Waals surface area contributed by atoms with E-state index < -0.39 is 0 Å². The molecule has 7 nitrogen and oxygen atoms in total. The van der Waals surface area contributed by atoms with Crippen molar-refractivity contribution in [1.29, 1.82) is 0 Å². The van der Waals surface area contributed by atoms with E-state index in [-0.39, 0.29) is 23.7 Å². The van der Waals surface area contributed by atoms with Gasteiger partial charge in [-0.15, -0.1) is 0 Å². The smallest absolute Gasteiger partial charge is 0.282 e. The van der Waals surface area contributed by atoms with E-state index in [4.69, 9.17) is 16.4 Å². The average Bonchev–Trinajstić information content (AvgIpc) is 2.81. The molecule has 3 aromatic carbocycles. The maximum absolute atomic E-state index is 13.1. The Kier molecular flexibility index (Phi) is 6.28. The van der Waals surface area contributed by atoms with Gasteiger partial charge in [-0.3, -0.25) is 4.79 Å². The number of aromatic hydroxyl groups is 1. The Morgan fingerprint density at radius 1 is 1.12 bits per heavy atom. The lowest BCUT2D eigenvalue weighted by atomic mass is 10.1. The van der Waals surface area contributed by atoms with Crippen LogP contribution in [-0.2, 0) is 11.4 Å². The van der Waals surface area contributed by atoms with Crippen molar-refractivity contribution in [2.75, 3.05) is 0 Å². The molecule has 0 aliphatic heterocycles. The summed E-state index contributed by atoms with van der Waals surface area (Å²) in [4.78, 5) is 23.1. The minimum absolute atomic E-state index is 0.0131. The maximum Gasteiger partial charge on any atom is 0.282 e. The molecule has 0 amide bonds. The maximum atomic E-state index is 13.1. The molecule has 8 heteroatoms. The summed E-state index contributed by atoms with van der Waals surface area (Å²) < 4.78 is 1.13. The van der Waals surface area contributed by atoms with Gasteiger partial charge in [-0.25, -0.2) is 4.98 Å². The Balaban J connectivity index is 1.70. The SMILES string of the molecule is CC(=NOCc1nc2ccccc2c(=O)n1/N=C/c1cc(Cl)ccc1O)c1ccccc1. The zero-order chi connectivity index (χ0) is 22.5. The molecule has 0 spiro atoms. The van der Waals surface area contributed by atoms with Gasteiger partial charge in [0, 0.05) is 10.6 Å². The van der Waals surface area contributed by atoms with Crippen LogP contribution in [0.15, 0.2) is 87.8 Å². The summed E-state index contributed by atoms with van der Waals surface area (Å²) in [5.41, 5.74) is 2.13. The third-order valence-corrected chi connectivity index (χ3v) is 4.94. The molecular weight excluding hydrogens is 428 g/mol. The van der Waals surface area contributed by atoms with Crippen LogP contribution in [0.25, 0.3) is 10.9 Å². The number of phenols is 1. The number of hydrogen-bond acceptors (Lipinski definition) is 6. The summed E-state index contributed by atoms with van der Waals surface area (Å²) >= 11 is 6.00. The molecule has 1 N–H and O–H groups in total. The zero-order valence-electron chi connectivity index (χ0n) is 17.1. The summed E-state index contributed by atoms with van der Waals surface area (Å²) in [5, 5.41) is 19.3. The van der Waals surface area contributed by atoms with Gasteiger partial charge in [-0.05, 0) is 42.8 Å². The molecule has 32 heavy (non-hydrogen) atoms. The predicted molar refractivity (Wildman–Crippen MR) is 126 cm³/mol. The Hall–Kier alpha value is -3.97. The summed E-state index contributed by atoms with van der Waals surface area (Å²) in [6.45, 7) is 1.75. The van der Waals surface area contributed by atoms with E-state index in [9.17, 15) is 9.90 Å². The van der Waals surface area contributed by atoms with E-state index >= 15 is 0 Å². The van der Waals surface area contributed by atoms with Crippen molar-refractivity contribution in [2.24, 2.45) is 10.3 Å². The van der Waals surface area contributed by atoms with Gasteiger partial charge in [0.2, 0.25) is 0 Å². The highest BCUT2D eigenvalue weighted by Crippen LogP contribution is 2.20. The molecule has 0 unspecified atom stereocenters. The molecule has 0 atom stereocenters. The second kappa shape index (κ2) is 9.45. The van der Waals surface area contributed by atoms with Gasteiger partial charge in [0.15, 0.2) is 12.4 Å². The van der Waals surface area contributed by atoms with Crippen LogP contribution in [0, 0.1) is 0 Å². The molecule has 4 aromatic rings. The highest BCUT2D eigenvalue weighted by molar-refractivity contribution is 6.30. The number of rotatable bonds is 6. The van der Waals surface area contributed by atoms with Crippen molar-refractivity contribution in [3.05, 3.63) is 105 Å². The van der Waals surface area contributed by atoms with E-state index in [1.165, 1.54) is 12.3 Å². The number of fused-ring (bicyclic) bond motifs is 1. The second-order valence-corrected chi connectivity index (χ2v) is 7.36. The van der Waals surface area contributed by atoms with Crippen LogP contribution in [-0.4, -0.2) is 26.7 Å². The monoisotopic (exact) mass is 446 g/mol. The lowest BCUT2D eigenvalue weighted by Crippen LogP contribution is -2.22. The number of halogens is 1. The number of phenolic OH excluding ortho intramolecular Hbond substituents is 1. The molecule has 0 fully saturated rings. The topological polar surface area (TPSA) is 89.1 Å². The van der Waals surface area contributed by atoms with Crippen molar-refractivity contribution in [1.82, 2.24) is 9.66 Å². The number of aromatic nitrogens is 2. The fraction of sp³-hybridized carbons (Fsp3) is 0.0833. The van der Waals surface area contributed by atoms with Gasteiger partial charge in [0.1, 0.15) is 5.75 Å². The van der Waals surface area contributed by atoms with Gasteiger partial charge >= 0.3 is 0 Å². The van der Waals surface area contributed by atoms with Crippen molar-refractivity contribution in [3.63, 3.8) is 0 Å². The van der Waals surface area contributed by atoms with Crippen LogP contribution in [0.3, 0.4) is 0 Å². The molecule has 1 aromatic heterocycles. The summed E-state index contributed by atoms with van der Waals surface area (Å²) in [5.74, 6) is 0.247. The van der Waals surface area contributed by atoms with Gasteiger partial charge in [0.25, 0.3) is 5.56 Å². The van der Waals surface area contributed by atoms with E-state index in [1.54, 1.807) is 36.4 Å². The Bertz CT molecular complexity index is 1380. The lowest BCUT2D eigenvalue weighted by Gasteiger charge is -2.09.